The fourth-order valence-electron chi connectivity index (χ4n) is 5.52. The molecule has 0 bridgehead atoms. The van der Waals surface area contributed by atoms with Crippen LogP contribution in [-0.4, -0.2) is 27.2 Å². The van der Waals surface area contributed by atoms with E-state index in [0.717, 1.165) is 10.8 Å². The third-order valence-electron chi connectivity index (χ3n) is 7.08. The van der Waals surface area contributed by atoms with Crippen molar-refractivity contribution in [3.63, 3.8) is 0 Å². The molecule has 0 radical (unpaired) electrons. The molecule has 37 heavy (non-hydrogen) atoms. The number of nitro benzene ring substituents is 1. The molecule has 1 atom stereocenters. The smallest absolute Gasteiger partial charge is 0.269 e. The van der Waals surface area contributed by atoms with Gasteiger partial charge in [0.1, 0.15) is 17.1 Å². The van der Waals surface area contributed by atoms with E-state index >= 15 is 0 Å². The number of amides is 1. The Bertz CT molecular complexity index is 1750. The van der Waals surface area contributed by atoms with Crippen molar-refractivity contribution in [3.8, 4) is 17.6 Å². The highest BCUT2D eigenvalue weighted by Crippen LogP contribution is 2.57. The normalized spacial score (nSPS) is 18.1. The Morgan fingerprint density at radius 1 is 1.16 bits per heavy atom. The Kier molecular flexibility index (Phi) is 4.62. The van der Waals surface area contributed by atoms with Gasteiger partial charge in [-0.15, -0.1) is 0 Å². The van der Waals surface area contributed by atoms with Crippen molar-refractivity contribution in [2.75, 3.05) is 11.4 Å². The lowest BCUT2D eigenvalue weighted by molar-refractivity contribution is -0.384. The molecular formula is C27H20N6O4. The minimum atomic E-state index is -1.73. The van der Waals surface area contributed by atoms with E-state index in [2.05, 4.69) is 6.07 Å². The molecular weight excluding hydrogens is 472 g/mol. The molecule has 0 saturated carbocycles. The summed E-state index contributed by atoms with van der Waals surface area (Å²) < 4.78 is 7.54. The lowest BCUT2D eigenvalue weighted by Gasteiger charge is -2.33. The minimum absolute atomic E-state index is 0.121. The van der Waals surface area contributed by atoms with Crippen molar-refractivity contribution in [1.29, 1.82) is 5.26 Å². The van der Waals surface area contributed by atoms with Crippen molar-refractivity contribution in [3.05, 3.63) is 99.1 Å². The van der Waals surface area contributed by atoms with Crippen LogP contribution in [0.5, 0.6) is 5.88 Å². The van der Waals surface area contributed by atoms with Gasteiger partial charge in [0.25, 0.3) is 5.69 Å². The van der Waals surface area contributed by atoms with Gasteiger partial charge >= 0.3 is 0 Å². The maximum atomic E-state index is 14.2. The van der Waals surface area contributed by atoms with Crippen LogP contribution in [0.3, 0.4) is 0 Å². The molecule has 10 nitrogen and oxygen atoms in total. The number of hydrogen-bond acceptors (Lipinski definition) is 7. The lowest BCUT2D eigenvalue weighted by atomic mass is 9.69. The van der Waals surface area contributed by atoms with Gasteiger partial charge in [-0.05, 0) is 42.8 Å². The molecule has 2 aliphatic heterocycles. The molecule has 1 aromatic heterocycles. The summed E-state index contributed by atoms with van der Waals surface area (Å²) in [6.07, 6.45) is 0. The average Bonchev–Trinajstić information content (AvgIpc) is 3.35. The number of carbonyl (C=O) groups excluding carboxylic acids is 1. The number of non-ortho nitro benzene ring substituents is 1. The number of rotatable bonds is 3. The zero-order chi connectivity index (χ0) is 26.1. The first kappa shape index (κ1) is 22.3. The standard InChI is InChI=1S/C27H20N6O4/c1-3-31-22-11-10-19(33(35)36)13-20(22)27(26(31)34)21(14-28)24(29)37-25-23(27)15(2)30-32(25)18-9-8-16-6-4-5-7-17(16)12-18/h4-13H,3,29H2,1-2H3/t27-/m1/s1. The van der Waals surface area contributed by atoms with Crippen molar-refractivity contribution >= 4 is 28.1 Å². The number of aryl methyl sites for hydroxylation is 1. The highest BCUT2D eigenvalue weighted by Gasteiger charge is 2.61. The number of hydrogen-bond donors (Lipinski definition) is 1. The number of likely N-dealkylation sites (N-methyl/N-ethyl adjacent to an activating group) is 1. The molecule has 4 aromatic rings. The summed E-state index contributed by atoms with van der Waals surface area (Å²) in [5.41, 5.74) is 6.47. The van der Waals surface area contributed by atoms with E-state index in [1.165, 1.54) is 23.1 Å². The molecule has 0 fully saturated rings. The van der Waals surface area contributed by atoms with Crippen LogP contribution in [0.4, 0.5) is 11.4 Å². The molecule has 2 N–H and O–H groups in total. The molecule has 0 unspecified atom stereocenters. The Balaban J connectivity index is 1.70. The summed E-state index contributed by atoms with van der Waals surface area (Å²) in [7, 11) is 0. The molecule has 10 heteroatoms. The van der Waals surface area contributed by atoms with Gasteiger partial charge in [-0.2, -0.15) is 10.4 Å². The Labute approximate surface area is 210 Å². The van der Waals surface area contributed by atoms with Crippen molar-refractivity contribution in [2.24, 2.45) is 5.73 Å². The molecule has 0 aliphatic carbocycles. The zero-order valence-electron chi connectivity index (χ0n) is 19.9. The van der Waals surface area contributed by atoms with E-state index in [0.29, 0.717) is 28.2 Å². The number of nitriles is 1. The van der Waals surface area contributed by atoms with Crippen molar-refractivity contribution in [1.82, 2.24) is 9.78 Å². The highest BCUT2D eigenvalue weighted by molar-refractivity contribution is 6.14. The Morgan fingerprint density at radius 2 is 1.92 bits per heavy atom. The number of anilines is 1. The van der Waals surface area contributed by atoms with Crippen LogP contribution < -0.4 is 15.4 Å². The summed E-state index contributed by atoms with van der Waals surface area (Å²) in [5, 5.41) is 28.6. The monoisotopic (exact) mass is 492 g/mol. The summed E-state index contributed by atoms with van der Waals surface area (Å²) in [4.78, 5) is 26.9. The van der Waals surface area contributed by atoms with Crippen LogP contribution in [0.2, 0.25) is 0 Å². The zero-order valence-corrected chi connectivity index (χ0v) is 19.9. The molecule has 6 rings (SSSR count). The van der Waals surface area contributed by atoms with E-state index in [1.54, 1.807) is 18.5 Å². The predicted molar refractivity (Wildman–Crippen MR) is 135 cm³/mol. The second-order valence-corrected chi connectivity index (χ2v) is 8.92. The third-order valence-corrected chi connectivity index (χ3v) is 7.08. The minimum Gasteiger partial charge on any atom is -0.422 e. The Morgan fingerprint density at radius 3 is 2.62 bits per heavy atom. The second-order valence-electron chi connectivity index (χ2n) is 8.92. The topological polar surface area (TPSA) is 140 Å². The van der Waals surface area contributed by atoms with Gasteiger partial charge in [-0.1, -0.05) is 30.3 Å². The lowest BCUT2D eigenvalue weighted by Crippen LogP contribution is -2.46. The number of nitrogens with two attached hydrogens (primary N) is 1. The van der Waals surface area contributed by atoms with Gasteiger partial charge in [0.05, 0.1) is 21.9 Å². The molecule has 0 saturated heterocycles. The van der Waals surface area contributed by atoms with Crippen LogP contribution in [-0.2, 0) is 10.2 Å². The van der Waals surface area contributed by atoms with Gasteiger partial charge in [0.2, 0.25) is 17.7 Å². The fourth-order valence-corrected chi connectivity index (χ4v) is 5.52. The first-order valence-corrected chi connectivity index (χ1v) is 11.6. The third kappa shape index (κ3) is 2.79. The molecule has 182 valence electrons. The molecule has 3 aromatic carbocycles. The maximum Gasteiger partial charge on any atom is 0.269 e. The molecule has 3 heterocycles. The quantitative estimate of drug-likeness (QED) is 0.337. The first-order chi connectivity index (χ1) is 17.8. The van der Waals surface area contributed by atoms with E-state index in [-0.39, 0.29) is 29.6 Å². The van der Waals surface area contributed by atoms with E-state index in [1.807, 2.05) is 42.5 Å². The number of fused-ring (bicyclic) bond motifs is 5. The number of nitrogens with zero attached hydrogens (tertiary/aromatic N) is 5. The molecule has 1 amide bonds. The molecule has 1 spiro atoms. The highest BCUT2D eigenvalue weighted by atomic mass is 16.6. The van der Waals surface area contributed by atoms with E-state index in [4.69, 9.17) is 15.6 Å². The number of aromatic nitrogens is 2. The predicted octanol–water partition coefficient (Wildman–Crippen LogP) is 3.98. The van der Waals surface area contributed by atoms with Crippen LogP contribution in [0.15, 0.2) is 72.1 Å². The number of benzene rings is 3. The van der Waals surface area contributed by atoms with Gasteiger partial charge < -0.3 is 15.4 Å². The summed E-state index contributed by atoms with van der Waals surface area (Å²) in [6.45, 7) is 3.81. The average molecular weight is 492 g/mol. The first-order valence-electron chi connectivity index (χ1n) is 11.6. The van der Waals surface area contributed by atoms with Gasteiger partial charge in [-0.25, -0.2) is 4.68 Å². The van der Waals surface area contributed by atoms with Crippen LogP contribution in [0, 0.1) is 28.4 Å². The van der Waals surface area contributed by atoms with Crippen LogP contribution >= 0.6 is 0 Å². The summed E-state index contributed by atoms with van der Waals surface area (Å²) >= 11 is 0. The largest absolute Gasteiger partial charge is 0.422 e. The molecule has 2 aliphatic rings. The van der Waals surface area contributed by atoms with Gasteiger partial charge in [-0.3, -0.25) is 14.9 Å². The van der Waals surface area contributed by atoms with E-state index in [9.17, 15) is 20.2 Å². The number of carbonyl (C=O) groups is 1. The van der Waals surface area contributed by atoms with Gasteiger partial charge in [0.15, 0.2) is 0 Å². The maximum absolute atomic E-state index is 14.2. The van der Waals surface area contributed by atoms with Crippen LogP contribution in [0.1, 0.15) is 23.7 Å². The summed E-state index contributed by atoms with van der Waals surface area (Å²) in [6, 6.07) is 19.9. The SMILES string of the molecule is CCN1C(=O)[C@@]2(C(C#N)=C(N)Oc3c2c(C)nn3-c2ccc3ccccc3c2)c2cc([N+](=O)[O-])ccc21. The fraction of sp³-hybridized carbons (Fsp3) is 0.148. The van der Waals surface area contributed by atoms with Crippen molar-refractivity contribution < 1.29 is 14.5 Å². The van der Waals surface area contributed by atoms with Crippen LogP contribution in [0.25, 0.3) is 16.5 Å². The van der Waals surface area contributed by atoms with Gasteiger partial charge in [0, 0.05) is 29.9 Å². The van der Waals surface area contributed by atoms with E-state index < -0.39 is 16.2 Å². The number of nitro groups is 1. The Hall–Kier alpha value is -5.17. The van der Waals surface area contributed by atoms with Crippen molar-refractivity contribution in [2.45, 2.75) is 19.3 Å². The summed E-state index contributed by atoms with van der Waals surface area (Å²) in [5.74, 6) is -0.496. The second kappa shape index (κ2) is 7.66. The number of ether oxygens (including phenoxy) is 1.